The zero-order valence-corrected chi connectivity index (χ0v) is 17.0. The lowest BCUT2D eigenvalue weighted by Gasteiger charge is -2.12. The smallest absolute Gasteiger partial charge is 0.267 e. The van der Waals surface area contributed by atoms with Gasteiger partial charge >= 0.3 is 0 Å². The number of nitrogens with zero attached hydrogens (tertiary/aromatic N) is 2. The van der Waals surface area contributed by atoms with Gasteiger partial charge in [-0.05, 0) is 66.4 Å². The fourth-order valence-corrected chi connectivity index (χ4v) is 3.39. The molecule has 0 spiro atoms. The van der Waals surface area contributed by atoms with Gasteiger partial charge in [-0.25, -0.2) is 9.88 Å². The molecule has 1 N–H and O–H groups in total. The number of anilines is 2. The number of rotatable bonds is 4. The Kier molecular flexibility index (Phi) is 4.91. The molecule has 3 amide bonds. The third kappa shape index (κ3) is 3.48. The van der Waals surface area contributed by atoms with Crippen molar-refractivity contribution in [2.24, 2.45) is 0 Å². The summed E-state index contributed by atoms with van der Waals surface area (Å²) >= 11 is 0. The maximum Gasteiger partial charge on any atom is 0.267 e. The predicted octanol–water partition coefficient (Wildman–Crippen LogP) is 4.57. The third-order valence-electron chi connectivity index (χ3n) is 5.11. The number of hydrogen-bond donors (Lipinski definition) is 1. The highest BCUT2D eigenvalue weighted by Crippen LogP contribution is 2.28. The first-order valence-electron chi connectivity index (χ1n) is 9.72. The van der Waals surface area contributed by atoms with Gasteiger partial charge in [0, 0.05) is 17.4 Å². The number of benzene rings is 2. The van der Waals surface area contributed by atoms with Crippen LogP contribution in [-0.2, 0) is 0 Å². The summed E-state index contributed by atoms with van der Waals surface area (Å²) in [6.07, 6.45) is 1.55. The molecule has 1 aliphatic heterocycles. The second kappa shape index (κ2) is 7.55. The molecule has 6 nitrogen and oxygen atoms in total. The topological polar surface area (TPSA) is 79.4 Å². The van der Waals surface area contributed by atoms with Crippen LogP contribution in [0.15, 0.2) is 60.8 Å². The summed E-state index contributed by atoms with van der Waals surface area (Å²) in [6, 6.07) is 15.6. The van der Waals surface area contributed by atoms with Gasteiger partial charge in [0.05, 0.1) is 11.1 Å². The van der Waals surface area contributed by atoms with Gasteiger partial charge in [-0.2, -0.15) is 0 Å². The molecule has 150 valence electrons. The van der Waals surface area contributed by atoms with Crippen molar-refractivity contribution in [3.8, 4) is 0 Å². The van der Waals surface area contributed by atoms with Crippen molar-refractivity contribution >= 4 is 29.2 Å². The Balaban J connectivity index is 1.58. The summed E-state index contributed by atoms with van der Waals surface area (Å²) in [6.45, 7) is 6.07. The van der Waals surface area contributed by atoms with E-state index in [0.29, 0.717) is 17.2 Å². The zero-order valence-electron chi connectivity index (χ0n) is 17.0. The molecule has 0 atom stereocenters. The summed E-state index contributed by atoms with van der Waals surface area (Å²) in [7, 11) is 0. The first kappa shape index (κ1) is 19.5. The van der Waals surface area contributed by atoms with Gasteiger partial charge in [-0.15, -0.1) is 0 Å². The summed E-state index contributed by atoms with van der Waals surface area (Å²) in [4.78, 5) is 43.5. The van der Waals surface area contributed by atoms with Crippen molar-refractivity contribution in [3.63, 3.8) is 0 Å². The Morgan fingerprint density at radius 3 is 2.30 bits per heavy atom. The average Bonchev–Trinajstić information content (AvgIpc) is 2.98. The summed E-state index contributed by atoms with van der Waals surface area (Å²) in [5, 5.41) is 2.83. The van der Waals surface area contributed by atoms with Crippen molar-refractivity contribution in [3.05, 3.63) is 88.6 Å². The quantitative estimate of drug-likeness (QED) is 0.652. The molecule has 1 aromatic heterocycles. The molecule has 0 saturated heterocycles. The molecule has 6 heteroatoms. The number of amides is 3. The standard InChI is InChI=1S/C24H21N3O3/c1-14(2)16-4-7-18(8-5-16)26-22(28)17-6-9-19-20(13-17)24(30)27(23(19)29)21-12-15(3)10-11-25-21/h4-14H,1-3H3,(H,26,28). The van der Waals surface area contributed by atoms with Crippen LogP contribution < -0.4 is 10.2 Å². The van der Waals surface area contributed by atoms with E-state index in [4.69, 9.17) is 0 Å². The fourth-order valence-electron chi connectivity index (χ4n) is 3.39. The lowest BCUT2D eigenvalue weighted by Crippen LogP contribution is -2.30. The van der Waals surface area contributed by atoms with Crippen molar-refractivity contribution < 1.29 is 14.4 Å². The molecule has 0 fully saturated rings. The molecule has 1 aliphatic rings. The van der Waals surface area contributed by atoms with E-state index in [1.807, 2.05) is 31.2 Å². The Morgan fingerprint density at radius 2 is 1.63 bits per heavy atom. The van der Waals surface area contributed by atoms with Crippen LogP contribution in [0.3, 0.4) is 0 Å². The van der Waals surface area contributed by atoms with E-state index < -0.39 is 11.8 Å². The molecule has 3 aromatic rings. The molecular formula is C24H21N3O3. The van der Waals surface area contributed by atoms with Gasteiger partial charge in [-0.1, -0.05) is 26.0 Å². The second-order valence-corrected chi connectivity index (χ2v) is 7.63. The van der Waals surface area contributed by atoms with Crippen LogP contribution in [0.4, 0.5) is 11.5 Å². The molecule has 2 aromatic carbocycles. The minimum absolute atomic E-state index is 0.200. The van der Waals surface area contributed by atoms with Crippen molar-refractivity contribution in [2.75, 3.05) is 10.2 Å². The zero-order chi connectivity index (χ0) is 21.4. The van der Waals surface area contributed by atoms with E-state index in [-0.39, 0.29) is 22.9 Å². The number of hydrogen-bond acceptors (Lipinski definition) is 4. The van der Waals surface area contributed by atoms with E-state index in [1.165, 1.54) is 17.7 Å². The monoisotopic (exact) mass is 399 g/mol. The molecule has 0 aliphatic carbocycles. The Bertz CT molecular complexity index is 1170. The summed E-state index contributed by atoms with van der Waals surface area (Å²) < 4.78 is 0. The number of nitrogens with one attached hydrogen (secondary N) is 1. The van der Waals surface area contributed by atoms with Crippen LogP contribution in [0.5, 0.6) is 0 Å². The number of pyridine rings is 1. The SMILES string of the molecule is Cc1ccnc(N2C(=O)c3ccc(C(=O)Nc4ccc(C(C)C)cc4)cc3C2=O)c1. The summed E-state index contributed by atoms with van der Waals surface area (Å²) in [5.41, 5.74) is 3.51. The van der Waals surface area contributed by atoms with Gasteiger partial charge in [0.1, 0.15) is 5.82 Å². The molecule has 2 heterocycles. The highest BCUT2D eigenvalue weighted by atomic mass is 16.2. The molecule has 0 saturated carbocycles. The first-order valence-corrected chi connectivity index (χ1v) is 9.72. The lowest BCUT2D eigenvalue weighted by atomic mass is 10.0. The van der Waals surface area contributed by atoms with Crippen LogP contribution in [-0.4, -0.2) is 22.7 Å². The normalized spacial score (nSPS) is 13.0. The molecule has 0 unspecified atom stereocenters. The second-order valence-electron chi connectivity index (χ2n) is 7.63. The maximum absolute atomic E-state index is 12.9. The number of aryl methyl sites for hydroxylation is 1. The van der Waals surface area contributed by atoms with Crippen LogP contribution >= 0.6 is 0 Å². The highest BCUT2D eigenvalue weighted by Gasteiger charge is 2.38. The van der Waals surface area contributed by atoms with Crippen LogP contribution in [0, 0.1) is 6.92 Å². The molecule has 30 heavy (non-hydrogen) atoms. The molecular weight excluding hydrogens is 378 g/mol. The van der Waals surface area contributed by atoms with Crippen molar-refractivity contribution in [2.45, 2.75) is 26.7 Å². The summed E-state index contributed by atoms with van der Waals surface area (Å²) in [5.74, 6) is -0.589. The van der Waals surface area contributed by atoms with Crippen LogP contribution in [0.2, 0.25) is 0 Å². The van der Waals surface area contributed by atoms with Gasteiger partial charge in [0.15, 0.2) is 0 Å². The van der Waals surface area contributed by atoms with E-state index in [9.17, 15) is 14.4 Å². The van der Waals surface area contributed by atoms with E-state index >= 15 is 0 Å². The highest BCUT2D eigenvalue weighted by molar-refractivity contribution is 6.34. The molecule has 4 rings (SSSR count). The van der Waals surface area contributed by atoms with E-state index in [1.54, 1.807) is 24.4 Å². The first-order chi connectivity index (χ1) is 14.3. The van der Waals surface area contributed by atoms with Gasteiger partial charge in [-0.3, -0.25) is 14.4 Å². The van der Waals surface area contributed by atoms with E-state index in [0.717, 1.165) is 10.5 Å². The van der Waals surface area contributed by atoms with Crippen LogP contribution in [0.25, 0.3) is 0 Å². The number of aromatic nitrogens is 1. The fraction of sp³-hybridized carbons (Fsp3) is 0.167. The van der Waals surface area contributed by atoms with Crippen LogP contribution in [0.1, 0.15) is 62.0 Å². The van der Waals surface area contributed by atoms with E-state index in [2.05, 4.69) is 24.1 Å². The largest absolute Gasteiger partial charge is 0.322 e. The number of carbonyl (C=O) groups is 3. The predicted molar refractivity (Wildman–Crippen MR) is 115 cm³/mol. The minimum Gasteiger partial charge on any atom is -0.322 e. The van der Waals surface area contributed by atoms with Crippen molar-refractivity contribution in [1.29, 1.82) is 0 Å². The average molecular weight is 399 g/mol. The van der Waals surface area contributed by atoms with Crippen molar-refractivity contribution in [1.82, 2.24) is 4.98 Å². The number of imide groups is 1. The molecule has 0 radical (unpaired) electrons. The minimum atomic E-state index is -0.482. The molecule has 0 bridgehead atoms. The maximum atomic E-state index is 12.9. The Morgan fingerprint density at radius 1 is 0.933 bits per heavy atom. The Hall–Kier alpha value is -3.80. The van der Waals surface area contributed by atoms with Gasteiger partial charge in [0.2, 0.25) is 0 Å². The number of fused-ring (bicyclic) bond motifs is 1. The van der Waals surface area contributed by atoms with Gasteiger partial charge in [0.25, 0.3) is 17.7 Å². The lowest BCUT2D eigenvalue weighted by molar-refractivity contribution is 0.0924. The third-order valence-corrected chi connectivity index (χ3v) is 5.11. The van der Waals surface area contributed by atoms with Gasteiger partial charge < -0.3 is 5.32 Å². The number of carbonyl (C=O) groups excluding carboxylic acids is 3. The Labute approximate surface area is 174 Å².